The third-order valence-corrected chi connectivity index (χ3v) is 4.93. The van der Waals surface area contributed by atoms with Crippen molar-refractivity contribution in [3.63, 3.8) is 0 Å². The molecule has 0 atom stereocenters. The number of halogens is 1. The van der Waals surface area contributed by atoms with Gasteiger partial charge in [0.25, 0.3) is 0 Å². The molecule has 0 unspecified atom stereocenters. The first kappa shape index (κ1) is 18.5. The highest BCUT2D eigenvalue weighted by atomic mass is 19.1. The summed E-state index contributed by atoms with van der Waals surface area (Å²) in [5, 5.41) is 4.91. The summed E-state index contributed by atoms with van der Waals surface area (Å²) < 4.78 is 29.5. The Kier molecular flexibility index (Phi) is 4.55. The summed E-state index contributed by atoms with van der Waals surface area (Å²) in [7, 11) is 1.98. The summed E-state index contributed by atoms with van der Waals surface area (Å²) in [6.07, 6.45) is 0. The van der Waals surface area contributed by atoms with Gasteiger partial charge in [-0.25, -0.2) is 9.37 Å². The molecule has 0 radical (unpaired) electrons. The van der Waals surface area contributed by atoms with Crippen molar-refractivity contribution in [2.45, 2.75) is 20.0 Å². The lowest BCUT2D eigenvalue weighted by Crippen LogP contribution is -2.19. The molecule has 0 saturated carbocycles. The fraction of sp³-hybridized carbons (Fsp3) is 0.227. The maximum atomic E-state index is 13.5. The number of aromatic nitrogens is 3. The van der Waals surface area contributed by atoms with Crippen LogP contribution in [-0.2, 0) is 13.1 Å². The number of hydrogen-bond donors (Lipinski definition) is 0. The van der Waals surface area contributed by atoms with Crippen molar-refractivity contribution in [2.24, 2.45) is 0 Å². The molecular weight excluding hydrogens is 387 g/mol. The van der Waals surface area contributed by atoms with Gasteiger partial charge in [0.15, 0.2) is 17.3 Å². The van der Waals surface area contributed by atoms with Gasteiger partial charge in [0, 0.05) is 30.5 Å². The van der Waals surface area contributed by atoms with Crippen molar-refractivity contribution in [1.29, 1.82) is 0 Å². The van der Waals surface area contributed by atoms with E-state index in [9.17, 15) is 4.39 Å². The zero-order chi connectivity index (χ0) is 20.7. The van der Waals surface area contributed by atoms with Gasteiger partial charge in [0.05, 0.1) is 17.8 Å². The van der Waals surface area contributed by atoms with E-state index >= 15 is 0 Å². The average Bonchev–Trinajstić information content (AvgIpc) is 3.34. The second-order valence-corrected chi connectivity index (χ2v) is 7.30. The van der Waals surface area contributed by atoms with E-state index in [2.05, 4.69) is 21.1 Å². The number of hydrogen-bond acceptors (Lipinski definition) is 7. The first-order chi connectivity index (χ1) is 14.5. The summed E-state index contributed by atoms with van der Waals surface area (Å²) in [5.41, 5.74) is 3.42. The maximum Gasteiger partial charge on any atom is 0.231 e. The number of aryl methyl sites for hydroxylation is 1. The van der Waals surface area contributed by atoms with Crippen LogP contribution in [0.1, 0.15) is 17.3 Å². The monoisotopic (exact) mass is 406 g/mol. The van der Waals surface area contributed by atoms with Crippen LogP contribution in [0, 0.1) is 12.7 Å². The Labute approximate surface area is 172 Å². The van der Waals surface area contributed by atoms with Crippen LogP contribution in [0.15, 0.2) is 47.0 Å². The predicted octanol–water partition coefficient (Wildman–Crippen LogP) is 4.09. The van der Waals surface area contributed by atoms with E-state index in [0.29, 0.717) is 36.3 Å². The minimum atomic E-state index is -0.283. The third kappa shape index (κ3) is 3.57. The van der Waals surface area contributed by atoms with Crippen molar-refractivity contribution >= 4 is 10.9 Å². The second kappa shape index (κ2) is 7.38. The van der Waals surface area contributed by atoms with Gasteiger partial charge in [-0.1, -0.05) is 5.16 Å². The lowest BCUT2D eigenvalue weighted by atomic mass is 10.0. The van der Waals surface area contributed by atoms with Gasteiger partial charge in [-0.05, 0) is 49.0 Å². The fourth-order valence-electron chi connectivity index (χ4n) is 3.58. The van der Waals surface area contributed by atoms with Crippen LogP contribution in [0.3, 0.4) is 0 Å². The van der Waals surface area contributed by atoms with Crippen molar-refractivity contribution in [3.8, 4) is 22.8 Å². The van der Waals surface area contributed by atoms with Crippen molar-refractivity contribution < 1.29 is 18.4 Å². The molecule has 152 valence electrons. The molecule has 5 rings (SSSR count). The van der Waals surface area contributed by atoms with E-state index in [1.807, 2.05) is 19.2 Å². The molecule has 3 heterocycles. The van der Waals surface area contributed by atoms with Crippen LogP contribution < -0.4 is 9.47 Å². The third-order valence-electron chi connectivity index (χ3n) is 4.93. The molecule has 0 saturated heterocycles. The van der Waals surface area contributed by atoms with E-state index in [4.69, 9.17) is 19.0 Å². The quantitative estimate of drug-likeness (QED) is 0.494. The Bertz CT molecular complexity index is 1220. The van der Waals surface area contributed by atoms with Crippen LogP contribution in [0.2, 0.25) is 0 Å². The molecule has 0 N–H and O–H groups in total. The highest BCUT2D eigenvalue weighted by Crippen LogP contribution is 2.37. The minimum absolute atomic E-state index is 0.205. The van der Waals surface area contributed by atoms with Gasteiger partial charge >= 0.3 is 0 Å². The molecular formula is C22H19FN4O3. The standard InChI is InChI=1S/C22H19FN4O3/c1-13-24-21(26-30-13)11-27(2)10-16-7-15-8-19-20(29-12-28-19)9-18(15)25-22(16)14-3-5-17(23)6-4-14/h3-9H,10-12H2,1-2H3. The Morgan fingerprint density at radius 2 is 1.77 bits per heavy atom. The lowest BCUT2D eigenvalue weighted by Gasteiger charge is -2.18. The Balaban J connectivity index is 1.55. The number of pyridine rings is 1. The van der Waals surface area contributed by atoms with Crippen LogP contribution in [0.25, 0.3) is 22.2 Å². The van der Waals surface area contributed by atoms with Gasteiger partial charge in [-0.3, -0.25) is 4.90 Å². The maximum absolute atomic E-state index is 13.5. The van der Waals surface area contributed by atoms with E-state index in [1.165, 1.54) is 12.1 Å². The summed E-state index contributed by atoms with van der Waals surface area (Å²) in [6, 6.07) is 12.3. The molecule has 1 aliphatic heterocycles. The highest BCUT2D eigenvalue weighted by molar-refractivity contribution is 5.86. The molecule has 0 amide bonds. The smallest absolute Gasteiger partial charge is 0.231 e. The Morgan fingerprint density at radius 1 is 1.00 bits per heavy atom. The second-order valence-electron chi connectivity index (χ2n) is 7.30. The number of nitrogens with zero attached hydrogens (tertiary/aromatic N) is 4. The van der Waals surface area contributed by atoms with Gasteiger partial charge < -0.3 is 14.0 Å². The zero-order valence-electron chi connectivity index (χ0n) is 16.6. The summed E-state index contributed by atoms with van der Waals surface area (Å²) in [4.78, 5) is 11.2. The zero-order valence-corrected chi connectivity index (χ0v) is 16.6. The van der Waals surface area contributed by atoms with Crippen LogP contribution in [0.4, 0.5) is 4.39 Å². The Morgan fingerprint density at radius 3 is 2.50 bits per heavy atom. The van der Waals surface area contributed by atoms with Gasteiger partial charge in [-0.15, -0.1) is 0 Å². The topological polar surface area (TPSA) is 73.5 Å². The number of fused-ring (bicyclic) bond motifs is 2. The summed E-state index contributed by atoms with van der Waals surface area (Å²) in [5.74, 6) is 2.26. The van der Waals surface area contributed by atoms with E-state index in [0.717, 1.165) is 27.7 Å². The molecule has 2 aromatic carbocycles. The average molecular weight is 406 g/mol. The first-order valence-electron chi connectivity index (χ1n) is 9.52. The van der Waals surface area contributed by atoms with E-state index < -0.39 is 0 Å². The molecule has 0 bridgehead atoms. The highest BCUT2D eigenvalue weighted by Gasteiger charge is 2.18. The minimum Gasteiger partial charge on any atom is -0.454 e. The summed E-state index contributed by atoms with van der Waals surface area (Å²) >= 11 is 0. The lowest BCUT2D eigenvalue weighted by molar-refractivity contribution is 0.174. The molecule has 7 nitrogen and oxygen atoms in total. The molecule has 2 aromatic heterocycles. The first-order valence-corrected chi connectivity index (χ1v) is 9.52. The number of benzene rings is 2. The van der Waals surface area contributed by atoms with Crippen LogP contribution in [0.5, 0.6) is 11.5 Å². The molecule has 30 heavy (non-hydrogen) atoms. The van der Waals surface area contributed by atoms with Crippen LogP contribution >= 0.6 is 0 Å². The van der Waals surface area contributed by atoms with Gasteiger partial charge in [-0.2, -0.15) is 4.98 Å². The van der Waals surface area contributed by atoms with Crippen molar-refractivity contribution in [3.05, 3.63) is 65.6 Å². The number of rotatable bonds is 5. The fourth-order valence-corrected chi connectivity index (χ4v) is 3.58. The summed E-state index contributed by atoms with van der Waals surface area (Å²) in [6.45, 7) is 3.09. The van der Waals surface area contributed by atoms with Crippen LogP contribution in [-0.4, -0.2) is 33.9 Å². The van der Waals surface area contributed by atoms with E-state index in [1.54, 1.807) is 19.1 Å². The van der Waals surface area contributed by atoms with Gasteiger partial charge in [0.2, 0.25) is 12.7 Å². The molecule has 0 fully saturated rings. The van der Waals surface area contributed by atoms with E-state index in [-0.39, 0.29) is 12.6 Å². The molecule has 8 heteroatoms. The van der Waals surface area contributed by atoms with Crippen molar-refractivity contribution in [2.75, 3.05) is 13.8 Å². The largest absolute Gasteiger partial charge is 0.454 e. The SMILES string of the molecule is Cc1nc(CN(C)Cc2cc3cc4c(cc3nc2-c2ccc(F)cc2)OCO4)no1. The number of ether oxygens (including phenoxy) is 2. The predicted molar refractivity (Wildman–Crippen MR) is 107 cm³/mol. The Hall–Kier alpha value is -3.52. The van der Waals surface area contributed by atoms with Crippen molar-refractivity contribution in [1.82, 2.24) is 20.0 Å². The molecule has 0 aliphatic carbocycles. The normalized spacial score (nSPS) is 12.8. The molecule has 4 aromatic rings. The van der Waals surface area contributed by atoms with Gasteiger partial charge in [0.1, 0.15) is 5.82 Å². The molecule has 0 spiro atoms. The molecule has 1 aliphatic rings.